The number of rotatable bonds is 4. The zero-order chi connectivity index (χ0) is 17.2. The molecule has 1 aromatic carbocycles. The first-order valence-electron chi connectivity index (χ1n) is 9.63. The maximum atomic E-state index is 11.7. The van der Waals surface area contributed by atoms with Gasteiger partial charge in [0.25, 0.3) is 0 Å². The van der Waals surface area contributed by atoms with Crippen molar-refractivity contribution in [3.8, 4) is 0 Å². The Morgan fingerprint density at radius 2 is 1.88 bits per heavy atom. The number of nitrogens with one attached hydrogen (secondary N) is 1. The van der Waals surface area contributed by atoms with E-state index in [4.69, 9.17) is 4.74 Å². The number of piperazine rings is 1. The van der Waals surface area contributed by atoms with Crippen molar-refractivity contribution in [3.05, 3.63) is 29.8 Å². The Bertz CT molecular complexity index is 597. The number of ether oxygens (including phenoxy) is 1. The van der Waals surface area contributed by atoms with Gasteiger partial charge in [-0.1, -0.05) is 12.1 Å². The lowest BCUT2D eigenvalue weighted by Crippen LogP contribution is -2.52. The van der Waals surface area contributed by atoms with Crippen molar-refractivity contribution in [2.24, 2.45) is 5.92 Å². The summed E-state index contributed by atoms with van der Waals surface area (Å²) in [4.78, 5) is 16.8. The number of piperidine rings is 1. The Morgan fingerprint density at radius 1 is 1.16 bits per heavy atom. The first kappa shape index (κ1) is 16.9. The van der Waals surface area contributed by atoms with Crippen molar-refractivity contribution in [1.82, 2.24) is 10.2 Å². The van der Waals surface area contributed by atoms with Crippen LogP contribution in [0.25, 0.3) is 0 Å². The van der Waals surface area contributed by atoms with Crippen LogP contribution in [0.2, 0.25) is 0 Å². The molecule has 0 saturated carbocycles. The summed E-state index contributed by atoms with van der Waals surface area (Å²) < 4.78 is 4.88. The van der Waals surface area contributed by atoms with Gasteiger partial charge in [0.1, 0.15) is 0 Å². The highest BCUT2D eigenvalue weighted by Crippen LogP contribution is 2.33. The predicted molar refractivity (Wildman–Crippen MR) is 98.6 cm³/mol. The Kier molecular flexibility index (Phi) is 4.95. The van der Waals surface area contributed by atoms with Crippen molar-refractivity contribution in [2.45, 2.75) is 44.3 Å². The molecule has 0 aromatic heterocycles. The van der Waals surface area contributed by atoms with E-state index in [2.05, 4.69) is 39.4 Å². The third-order valence-corrected chi connectivity index (χ3v) is 6.12. The summed E-state index contributed by atoms with van der Waals surface area (Å²) in [6.45, 7) is 5.15. The second-order valence-corrected chi connectivity index (χ2v) is 7.69. The minimum Gasteiger partial charge on any atom is -0.469 e. The summed E-state index contributed by atoms with van der Waals surface area (Å²) >= 11 is 0. The Labute approximate surface area is 150 Å². The number of fused-ring (bicyclic) bond motifs is 2. The fraction of sp³-hybridized carbons (Fsp3) is 0.650. The highest BCUT2D eigenvalue weighted by atomic mass is 16.5. The van der Waals surface area contributed by atoms with Crippen molar-refractivity contribution >= 4 is 11.7 Å². The molecule has 2 bridgehead atoms. The summed E-state index contributed by atoms with van der Waals surface area (Å²) in [5.74, 6) is 0.0416. The maximum Gasteiger partial charge on any atom is 0.308 e. The number of hydrogen-bond acceptors (Lipinski definition) is 5. The standard InChI is InChI=1S/C20H29N3O2/c1-25-20(24)16-7-9-22(10-8-16)14-15-3-2-4-17(11-15)23-18-5-6-19(23)13-21-12-18/h2-4,11,16,18-19,21H,5-10,12-14H2,1H3. The number of benzene rings is 1. The molecule has 0 amide bonds. The molecule has 3 heterocycles. The van der Waals surface area contributed by atoms with E-state index in [0.29, 0.717) is 12.1 Å². The van der Waals surface area contributed by atoms with Gasteiger partial charge in [0, 0.05) is 37.4 Å². The van der Waals surface area contributed by atoms with Gasteiger partial charge in [-0.05, 0) is 56.5 Å². The van der Waals surface area contributed by atoms with Crippen molar-refractivity contribution in [3.63, 3.8) is 0 Å². The van der Waals surface area contributed by atoms with Gasteiger partial charge in [0.2, 0.25) is 0 Å². The van der Waals surface area contributed by atoms with Crippen LogP contribution in [0.5, 0.6) is 0 Å². The van der Waals surface area contributed by atoms with Crippen molar-refractivity contribution < 1.29 is 9.53 Å². The average molecular weight is 343 g/mol. The number of nitrogens with zero attached hydrogens (tertiary/aromatic N) is 2. The molecule has 5 nitrogen and oxygen atoms in total. The van der Waals surface area contributed by atoms with Crippen LogP contribution >= 0.6 is 0 Å². The van der Waals surface area contributed by atoms with Gasteiger partial charge >= 0.3 is 5.97 Å². The van der Waals surface area contributed by atoms with Crippen LogP contribution in [0.3, 0.4) is 0 Å². The SMILES string of the molecule is COC(=O)C1CCN(Cc2cccc(N3C4CCC3CNC4)c2)CC1. The van der Waals surface area contributed by atoms with Gasteiger partial charge in [-0.25, -0.2) is 0 Å². The van der Waals surface area contributed by atoms with E-state index < -0.39 is 0 Å². The Hall–Kier alpha value is -1.59. The molecule has 2 unspecified atom stereocenters. The first-order valence-corrected chi connectivity index (χ1v) is 9.63. The average Bonchev–Trinajstić information content (AvgIpc) is 2.91. The van der Waals surface area contributed by atoms with Crippen LogP contribution in [0.1, 0.15) is 31.2 Å². The zero-order valence-corrected chi connectivity index (χ0v) is 15.1. The van der Waals surface area contributed by atoms with Crippen LogP contribution in [-0.4, -0.2) is 56.2 Å². The maximum absolute atomic E-state index is 11.7. The molecule has 1 aromatic rings. The largest absolute Gasteiger partial charge is 0.469 e. The smallest absolute Gasteiger partial charge is 0.308 e. The zero-order valence-electron chi connectivity index (χ0n) is 15.1. The van der Waals surface area contributed by atoms with Gasteiger partial charge in [0.05, 0.1) is 13.0 Å². The van der Waals surface area contributed by atoms with Crippen molar-refractivity contribution in [1.29, 1.82) is 0 Å². The molecule has 4 rings (SSSR count). The van der Waals surface area contributed by atoms with Gasteiger partial charge in [0.15, 0.2) is 0 Å². The number of carbonyl (C=O) groups excluding carboxylic acids is 1. The topological polar surface area (TPSA) is 44.8 Å². The molecule has 0 aliphatic carbocycles. The lowest BCUT2D eigenvalue weighted by atomic mass is 9.96. The molecule has 3 saturated heterocycles. The van der Waals surface area contributed by atoms with E-state index in [1.807, 2.05) is 0 Å². The van der Waals surface area contributed by atoms with Crippen LogP contribution < -0.4 is 10.2 Å². The van der Waals surface area contributed by atoms with E-state index in [1.54, 1.807) is 0 Å². The first-order chi connectivity index (χ1) is 12.2. The Morgan fingerprint density at radius 3 is 2.56 bits per heavy atom. The molecular formula is C20H29N3O2. The molecule has 3 fully saturated rings. The third-order valence-electron chi connectivity index (χ3n) is 6.12. The number of carbonyl (C=O) groups is 1. The lowest BCUT2D eigenvalue weighted by molar-refractivity contribution is -0.147. The summed E-state index contributed by atoms with van der Waals surface area (Å²) in [5, 5.41) is 3.56. The predicted octanol–water partition coefficient (Wildman–Crippen LogP) is 2.01. The molecule has 3 aliphatic rings. The second-order valence-electron chi connectivity index (χ2n) is 7.69. The molecule has 136 valence electrons. The van der Waals surface area contributed by atoms with E-state index in [1.165, 1.54) is 31.2 Å². The van der Waals surface area contributed by atoms with E-state index >= 15 is 0 Å². The van der Waals surface area contributed by atoms with Gasteiger partial charge in [-0.2, -0.15) is 0 Å². The number of methoxy groups -OCH3 is 1. The minimum atomic E-state index is -0.0455. The van der Waals surface area contributed by atoms with E-state index in [-0.39, 0.29) is 11.9 Å². The number of hydrogen-bond donors (Lipinski definition) is 1. The highest BCUT2D eigenvalue weighted by Gasteiger charge is 2.36. The molecule has 1 N–H and O–H groups in total. The number of likely N-dealkylation sites (tertiary alicyclic amines) is 1. The van der Waals surface area contributed by atoms with Crippen LogP contribution in [0, 0.1) is 5.92 Å². The molecule has 3 aliphatic heterocycles. The molecule has 0 spiro atoms. The van der Waals surface area contributed by atoms with Gasteiger partial charge in [-0.15, -0.1) is 0 Å². The molecule has 5 heteroatoms. The van der Waals surface area contributed by atoms with Gasteiger partial charge < -0.3 is 15.0 Å². The summed E-state index contributed by atoms with van der Waals surface area (Å²) in [6.07, 6.45) is 4.44. The molecule has 0 radical (unpaired) electrons. The summed E-state index contributed by atoms with van der Waals surface area (Å²) in [6, 6.07) is 10.4. The van der Waals surface area contributed by atoms with E-state index in [0.717, 1.165) is 45.6 Å². The minimum absolute atomic E-state index is 0.0455. The van der Waals surface area contributed by atoms with Crippen LogP contribution in [-0.2, 0) is 16.1 Å². The quantitative estimate of drug-likeness (QED) is 0.848. The molecule has 25 heavy (non-hydrogen) atoms. The second kappa shape index (κ2) is 7.34. The monoisotopic (exact) mass is 343 g/mol. The van der Waals surface area contributed by atoms with E-state index in [9.17, 15) is 4.79 Å². The van der Waals surface area contributed by atoms with Crippen molar-refractivity contribution in [2.75, 3.05) is 38.2 Å². The van der Waals surface area contributed by atoms with Crippen LogP contribution in [0.4, 0.5) is 5.69 Å². The summed E-state index contributed by atoms with van der Waals surface area (Å²) in [7, 11) is 1.49. The fourth-order valence-electron chi connectivity index (χ4n) is 4.77. The number of anilines is 1. The lowest BCUT2D eigenvalue weighted by Gasteiger charge is -2.37. The summed E-state index contributed by atoms with van der Waals surface area (Å²) in [5.41, 5.74) is 2.77. The third kappa shape index (κ3) is 3.53. The highest BCUT2D eigenvalue weighted by molar-refractivity contribution is 5.72. The number of esters is 1. The molecule has 2 atom stereocenters. The van der Waals surface area contributed by atoms with Gasteiger partial charge in [-0.3, -0.25) is 9.69 Å². The molecular weight excluding hydrogens is 314 g/mol. The normalized spacial score (nSPS) is 27.5. The fourth-order valence-corrected chi connectivity index (χ4v) is 4.77. The Balaban J connectivity index is 1.39. The van der Waals surface area contributed by atoms with Crippen LogP contribution in [0.15, 0.2) is 24.3 Å².